The molecule has 0 unspecified atom stereocenters. The molecule has 92 valence electrons. The number of rotatable bonds is 2. The van der Waals surface area contributed by atoms with Crippen LogP contribution >= 0.6 is 0 Å². The van der Waals surface area contributed by atoms with E-state index < -0.39 is 0 Å². The van der Waals surface area contributed by atoms with Crippen molar-refractivity contribution < 1.29 is 14.3 Å². The molecule has 0 saturated heterocycles. The molecule has 1 aliphatic rings. The van der Waals surface area contributed by atoms with E-state index in [0.29, 0.717) is 0 Å². The second-order valence-corrected chi connectivity index (χ2v) is 3.74. The number of hydrogen-bond donors (Lipinski definition) is 0. The molecule has 2 rings (SSSR count). The Balaban J connectivity index is 0.000000686. The lowest BCUT2D eigenvalue weighted by atomic mass is 9.99. The van der Waals surface area contributed by atoms with E-state index in [1.807, 2.05) is 12.9 Å². The van der Waals surface area contributed by atoms with E-state index in [9.17, 15) is 0 Å². The van der Waals surface area contributed by atoms with E-state index in [-0.39, 0.29) is 0 Å². The van der Waals surface area contributed by atoms with Gasteiger partial charge in [0.05, 0.1) is 20.3 Å². The maximum absolute atomic E-state index is 8.00. The largest absolute Gasteiger partial charge is 0.496 e. The van der Waals surface area contributed by atoms with Crippen LogP contribution in [0.15, 0.2) is 24.3 Å². The minimum Gasteiger partial charge on any atom is -0.496 e. The zero-order chi connectivity index (χ0) is 12.7. The Morgan fingerprint density at radius 2 is 2.12 bits per heavy atom. The molecule has 0 fully saturated rings. The molecule has 0 spiro atoms. The van der Waals surface area contributed by atoms with Crippen molar-refractivity contribution in [1.29, 1.82) is 0 Å². The van der Waals surface area contributed by atoms with Crippen molar-refractivity contribution >= 4 is 12.4 Å². The summed E-state index contributed by atoms with van der Waals surface area (Å²) in [6.45, 7) is 5.64. The van der Waals surface area contributed by atoms with Crippen molar-refractivity contribution in [2.45, 2.75) is 13.3 Å². The molecule has 1 aromatic rings. The molecule has 0 atom stereocenters. The lowest BCUT2D eigenvalue weighted by Crippen LogP contribution is -2.03. The highest BCUT2D eigenvalue weighted by Gasteiger charge is 2.07. The number of aryl methyl sites for hydroxylation is 1. The van der Waals surface area contributed by atoms with Crippen LogP contribution in [0.4, 0.5) is 0 Å². The fourth-order valence-corrected chi connectivity index (χ4v) is 1.87. The quantitative estimate of drug-likeness (QED) is 0.789. The summed E-state index contributed by atoms with van der Waals surface area (Å²) in [4.78, 5) is 8.00. The zero-order valence-corrected chi connectivity index (χ0v) is 10.4. The van der Waals surface area contributed by atoms with Crippen molar-refractivity contribution in [3.63, 3.8) is 0 Å². The first kappa shape index (κ1) is 13.5. The van der Waals surface area contributed by atoms with Crippen molar-refractivity contribution in [3.8, 4) is 5.75 Å². The lowest BCUT2D eigenvalue weighted by molar-refractivity contribution is -0.0979. The van der Waals surface area contributed by atoms with Crippen LogP contribution in [0.25, 0.3) is 5.57 Å². The van der Waals surface area contributed by atoms with Gasteiger partial charge in [0.1, 0.15) is 12.5 Å². The Labute approximate surface area is 102 Å². The number of carbonyl (C=O) groups is 1. The van der Waals surface area contributed by atoms with Crippen molar-refractivity contribution in [2.75, 3.05) is 20.3 Å². The van der Waals surface area contributed by atoms with Crippen LogP contribution in [0, 0.1) is 6.92 Å². The zero-order valence-electron chi connectivity index (χ0n) is 10.4. The summed E-state index contributed by atoms with van der Waals surface area (Å²) in [7, 11) is 1.70. The molecule has 0 bridgehead atoms. The second kappa shape index (κ2) is 6.86. The number of carbonyl (C=O) groups excluding carboxylic acids is 1. The highest BCUT2D eigenvalue weighted by molar-refractivity contribution is 5.67. The summed E-state index contributed by atoms with van der Waals surface area (Å²) in [6.07, 6.45) is 3.16. The summed E-state index contributed by atoms with van der Waals surface area (Å²) in [5, 5.41) is 0. The molecule has 0 saturated carbocycles. The van der Waals surface area contributed by atoms with E-state index >= 15 is 0 Å². The van der Waals surface area contributed by atoms with Gasteiger partial charge in [-0.05, 0) is 42.2 Å². The summed E-state index contributed by atoms with van der Waals surface area (Å²) in [5.41, 5.74) is 3.85. The second-order valence-electron chi connectivity index (χ2n) is 3.74. The molecule has 0 aromatic heterocycles. The fourth-order valence-electron chi connectivity index (χ4n) is 1.87. The van der Waals surface area contributed by atoms with Crippen LogP contribution in [0.3, 0.4) is 0 Å². The first-order valence-electron chi connectivity index (χ1n) is 5.52. The molecule has 0 amide bonds. The standard InChI is InChI=1S/C13H16O2.CH2O/c1-10-9-12(3-4-13(10)14-2)11-5-7-15-8-6-11;1-2/h3-5,9H,6-8H2,1-2H3;1H2. The first-order chi connectivity index (χ1) is 8.31. The van der Waals surface area contributed by atoms with Crippen LogP contribution < -0.4 is 4.74 Å². The van der Waals surface area contributed by atoms with E-state index in [0.717, 1.165) is 25.4 Å². The molecule has 3 heteroatoms. The smallest absolute Gasteiger partial charge is 0.121 e. The Kier molecular flexibility index (Phi) is 5.43. The fraction of sp³-hybridized carbons (Fsp3) is 0.357. The Morgan fingerprint density at radius 3 is 2.65 bits per heavy atom. The van der Waals surface area contributed by atoms with Gasteiger partial charge in [0.2, 0.25) is 0 Å². The minimum atomic E-state index is 0.737. The van der Waals surface area contributed by atoms with Crippen LogP contribution in [-0.4, -0.2) is 27.1 Å². The highest BCUT2D eigenvalue weighted by Crippen LogP contribution is 2.26. The van der Waals surface area contributed by atoms with Gasteiger partial charge in [0, 0.05) is 0 Å². The normalized spacial score (nSPS) is 14.4. The third kappa shape index (κ3) is 3.43. The average Bonchev–Trinajstić information content (AvgIpc) is 2.42. The Bertz CT molecular complexity index is 396. The van der Waals surface area contributed by atoms with Gasteiger partial charge in [-0.3, -0.25) is 0 Å². The number of hydrogen-bond acceptors (Lipinski definition) is 3. The molecule has 3 nitrogen and oxygen atoms in total. The van der Waals surface area contributed by atoms with Crippen LogP contribution in [0.1, 0.15) is 17.5 Å². The van der Waals surface area contributed by atoms with Crippen LogP contribution in [0.2, 0.25) is 0 Å². The molecule has 1 aliphatic heterocycles. The Hall–Kier alpha value is -1.61. The van der Waals surface area contributed by atoms with E-state index in [4.69, 9.17) is 14.3 Å². The minimum absolute atomic E-state index is 0.737. The summed E-state index contributed by atoms with van der Waals surface area (Å²) >= 11 is 0. The van der Waals surface area contributed by atoms with Gasteiger partial charge in [-0.2, -0.15) is 0 Å². The van der Waals surface area contributed by atoms with Gasteiger partial charge in [0.25, 0.3) is 0 Å². The maximum Gasteiger partial charge on any atom is 0.121 e. The monoisotopic (exact) mass is 234 g/mol. The molecular weight excluding hydrogens is 216 g/mol. The molecule has 0 aliphatic carbocycles. The third-order valence-electron chi connectivity index (χ3n) is 2.73. The van der Waals surface area contributed by atoms with E-state index in [1.54, 1.807) is 7.11 Å². The average molecular weight is 234 g/mol. The SMILES string of the molecule is C=O.COc1ccc(C2=CCOCC2)cc1C. The van der Waals surface area contributed by atoms with Gasteiger partial charge in [-0.25, -0.2) is 0 Å². The summed E-state index contributed by atoms with van der Waals surface area (Å²) in [5.74, 6) is 0.950. The summed E-state index contributed by atoms with van der Waals surface area (Å²) < 4.78 is 10.5. The third-order valence-corrected chi connectivity index (χ3v) is 2.73. The van der Waals surface area contributed by atoms with Crippen molar-refractivity contribution in [3.05, 3.63) is 35.4 Å². The lowest BCUT2D eigenvalue weighted by Gasteiger charge is -2.15. The number of ether oxygens (including phenoxy) is 2. The van der Waals surface area contributed by atoms with Crippen molar-refractivity contribution in [1.82, 2.24) is 0 Å². The highest BCUT2D eigenvalue weighted by atomic mass is 16.5. The van der Waals surface area contributed by atoms with Gasteiger partial charge < -0.3 is 14.3 Å². The van der Waals surface area contributed by atoms with Gasteiger partial charge >= 0.3 is 0 Å². The number of benzene rings is 1. The van der Waals surface area contributed by atoms with Crippen molar-refractivity contribution in [2.24, 2.45) is 0 Å². The molecule has 1 aromatic carbocycles. The van der Waals surface area contributed by atoms with Gasteiger partial charge in [-0.1, -0.05) is 12.1 Å². The molecular formula is C14H18O3. The van der Waals surface area contributed by atoms with Gasteiger partial charge in [-0.15, -0.1) is 0 Å². The predicted octanol–water partition coefficient (Wildman–Crippen LogP) is 2.62. The molecule has 1 heterocycles. The van der Waals surface area contributed by atoms with Gasteiger partial charge in [0.15, 0.2) is 0 Å². The van der Waals surface area contributed by atoms with Crippen LogP contribution in [0.5, 0.6) is 5.75 Å². The van der Waals surface area contributed by atoms with Crippen LogP contribution in [-0.2, 0) is 9.53 Å². The number of methoxy groups -OCH3 is 1. The Morgan fingerprint density at radius 1 is 1.35 bits per heavy atom. The molecule has 0 N–H and O–H groups in total. The topological polar surface area (TPSA) is 35.5 Å². The first-order valence-corrected chi connectivity index (χ1v) is 5.52. The maximum atomic E-state index is 8.00. The molecule has 0 radical (unpaired) electrons. The summed E-state index contributed by atoms with van der Waals surface area (Å²) in [6, 6.07) is 6.32. The van der Waals surface area contributed by atoms with E-state index in [2.05, 4.69) is 25.1 Å². The molecule has 17 heavy (non-hydrogen) atoms. The predicted molar refractivity (Wildman–Crippen MR) is 68.3 cm³/mol. The van der Waals surface area contributed by atoms with E-state index in [1.165, 1.54) is 16.7 Å².